The lowest BCUT2D eigenvalue weighted by Crippen LogP contribution is -2.34. The molecule has 1 aromatic carbocycles. The average molecular weight is 366 g/mol. The number of carbonyl (C=O) groups is 1. The van der Waals surface area contributed by atoms with E-state index in [2.05, 4.69) is 32.8 Å². The molecule has 1 saturated heterocycles. The molecule has 21 heavy (non-hydrogen) atoms. The van der Waals surface area contributed by atoms with E-state index in [9.17, 15) is 4.79 Å². The molecule has 3 nitrogen and oxygen atoms in total. The Kier molecular flexibility index (Phi) is 4.60. The number of nitrogens with zero attached hydrogens (tertiary/aromatic N) is 1. The first kappa shape index (κ1) is 14.6. The highest BCUT2D eigenvalue weighted by molar-refractivity contribution is 9.10. The molecule has 2 aromatic rings. The number of carbonyl (C=O) groups excluding carboxylic acids is 1. The van der Waals surface area contributed by atoms with Crippen LogP contribution in [0.1, 0.15) is 24.4 Å². The van der Waals surface area contributed by atoms with Crippen LogP contribution in [-0.2, 0) is 4.79 Å². The van der Waals surface area contributed by atoms with Crippen molar-refractivity contribution >= 4 is 33.2 Å². The number of hydrogen-bond acceptors (Lipinski definition) is 3. The molecule has 1 atom stereocenters. The van der Waals surface area contributed by atoms with Crippen molar-refractivity contribution in [2.75, 3.05) is 13.2 Å². The van der Waals surface area contributed by atoms with Gasteiger partial charge in [0, 0.05) is 11.0 Å². The highest BCUT2D eigenvalue weighted by Gasteiger charge is 2.30. The van der Waals surface area contributed by atoms with Gasteiger partial charge in [-0.3, -0.25) is 4.79 Å². The van der Waals surface area contributed by atoms with Crippen LogP contribution in [0.5, 0.6) is 5.75 Å². The van der Waals surface area contributed by atoms with E-state index in [1.807, 2.05) is 29.2 Å². The zero-order chi connectivity index (χ0) is 14.7. The molecule has 1 fully saturated rings. The molecule has 1 aliphatic heterocycles. The summed E-state index contributed by atoms with van der Waals surface area (Å²) in [5.74, 6) is 0.782. The highest BCUT2D eigenvalue weighted by atomic mass is 79.9. The molecule has 0 spiro atoms. The zero-order valence-electron chi connectivity index (χ0n) is 11.5. The fourth-order valence-corrected chi connectivity index (χ4v) is 3.61. The predicted octanol–water partition coefficient (Wildman–Crippen LogP) is 4.25. The maximum atomic E-state index is 12.4. The first-order valence-corrected chi connectivity index (χ1v) is 8.67. The fourth-order valence-electron chi connectivity index (χ4n) is 2.64. The number of rotatable bonds is 4. The van der Waals surface area contributed by atoms with Gasteiger partial charge >= 0.3 is 0 Å². The van der Waals surface area contributed by atoms with Gasteiger partial charge in [-0.05, 0) is 59.5 Å². The minimum absolute atomic E-state index is 0.0617. The monoisotopic (exact) mass is 365 g/mol. The van der Waals surface area contributed by atoms with Crippen LogP contribution in [0, 0.1) is 0 Å². The number of ether oxygens (including phenoxy) is 1. The molecule has 1 amide bonds. The van der Waals surface area contributed by atoms with Crippen molar-refractivity contribution in [3.63, 3.8) is 0 Å². The molecule has 2 heterocycles. The Labute approximate surface area is 136 Å². The lowest BCUT2D eigenvalue weighted by Gasteiger charge is -2.24. The van der Waals surface area contributed by atoms with Crippen LogP contribution < -0.4 is 4.74 Å². The van der Waals surface area contributed by atoms with Gasteiger partial charge in [0.05, 0.1) is 6.04 Å². The van der Waals surface area contributed by atoms with Crippen molar-refractivity contribution in [3.05, 3.63) is 51.1 Å². The van der Waals surface area contributed by atoms with Crippen LogP contribution in [-0.4, -0.2) is 24.0 Å². The first-order chi connectivity index (χ1) is 10.2. The molecule has 1 unspecified atom stereocenters. The standard InChI is InChI=1S/C16H16BrNO2S/c17-13-3-5-14(6-4-13)20-10-16(19)18-8-1-2-15(18)12-7-9-21-11-12/h3-7,9,11,15H,1-2,8,10H2. The van der Waals surface area contributed by atoms with Crippen LogP contribution in [0.4, 0.5) is 0 Å². The SMILES string of the molecule is O=C(COc1ccc(Br)cc1)N1CCCC1c1ccsc1. The van der Waals surface area contributed by atoms with E-state index >= 15 is 0 Å². The summed E-state index contributed by atoms with van der Waals surface area (Å²) in [6, 6.07) is 9.86. The normalized spacial score (nSPS) is 18.0. The fraction of sp³-hybridized carbons (Fsp3) is 0.312. The quantitative estimate of drug-likeness (QED) is 0.810. The Balaban J connectivity index is 1.61. The maximum absolute atomic E-state index is 12.4. The lowest BCUT2D eigenvalue weighted by atomic mass is 10.1. The molecular weight excluding hydrogens is 350 g/mol. The Morgan fingerprint density at radius 3 is 2.86 bits per heavy atom. The van der Waals surface area contributed by atoms with Crippen molar-refractivity contribution in [3.8, 4) is 5.75 Å². The molecule has 0 radical (unpaired) electrons. The van der Waals surface area contributed by atoms with Gasteiger partial charge in [-0.2, -0.15) is 11.3 Å². The molecule has 1 aromatic heterocycles. The van der Waals surface area contributed by atoms with Gasteiger partial charge in [0.15, 0.2) is 6.61 Å². The Morgan fingerprint density at radius 1 is 1.33 bits per heavy atom. The number of benzene rings is 1. The second kappa shape index (κ2) is 6.62. The summed E-state index contributed by atoms with van der Waals surface area (Å²) in [4.78, 5) is 14.3. The predicted molar refractivity (Wildman–Crippen MR) is 87.6 cm³/mol. The molecule has 110 valence electrons. The zero-order valence-corrected chi connectivity index (χ0v) is 13.9. The van der Waals surface area contributed by atoms with Crippen LogP contribution in [0.15, 0.2) is 45.6 Å². The second-order valence-corrected chi connectivity index (χ2v) is 6.74. The molecule has 0 N–H and O–H groups in total. The Bertz CT molecular complexity index is 597. The van der Waals surface area contributed by atoms with E-state index in [4.69, 9.17) is 4.74 Å². The van der Waals surface area contributed by atoms with Crippen molar-refractivity contribution in [2.45, 2.75) is 18.9 Å². The minimum Gasteiger partial charge on any atom is -0.484 e. The highest BCUT2D eigenvalue weighted by Crippen LogP contribution is 2.33. The topological polar surface area (TPSA) is 29.5 Å². The molecule has 3 rings (SSSR count). The molecule has 0 saturated carbocycles. The maximum Gasteiger partial charge on any atom is 0.261 e. The van der Waals surface area contributed by atoms with E-state index < -0.39 is 0 Å². The van der Waals surface area contributed by atoms with Crippen LogP contribution in [0.3, 0.4) is 0 Å². The number of halogens is 1. The van der Waals surface area contributed by atoms with Crippen molar-refractivity contribution < 1.29 is 9.53 Å². The summed E-state index contributed by atoms with van der Waals surface area (Å²) in [6.07, 6.45) is 2.10. The largest absolute Gasteiger partial charge is 0.484 e. The summed E-state index contributed by atoms with van der Waals surface area (Å²) in [6.45, 7) is 0.922. The van der Waals surface area contributed by atoms with Crippen molar-refractivity contribution in [2.24, 2.45) is 0 Å². The molecule has 0 aliphatic carbocycles. The van der Waals surface area contributed by atoms with Gasteiger partial charge in [-0.15, -0.1) is 0 Å². The summed E-state index contributed by atoms with van der Waals surface area (Å²) in [5, 5.41) is 4.19. The second-order valence-electron chi connectivity index (χ2n) is 5.04. The van der Waals surface area contributed by atoms with Gasteiger partial charge in [0.1, 0.15) is 5.75 Å². The van der Waals surface area contributed by atoms with Crippen LogP contribution >= 0.6 is 27.3 Å². The van der Waals surface area contributed by atoms with Crippen molar-refractivity contribution in [1.29, 1.82) is 0 Å². The summed E-state index contributed by atoms with van der Waals surface area (Å²) < 4.78 is 6.59. The van der Waals surface area contributed by atoms with Gasteiger partial charge in [0.2, 0.25) is 0 Å². The third-order valence-corrected chi connectivity index (χ3v) is 4.91. The van der Waals surface area contributed by atoms with E-state index in [0.29, 0.717) is 0 Å². The number of amides is 1. The van der Waals surface area contributed by atoms with E-state index in [1.165, 1.54) is 5.56 Å². The van der Waals surface area contributed by atoms with Crippen molar-refractivity contribution in [1.82, 2.24) is 4.90 Å². The third kappa shape index (κ3) is 3.47. The molecule has 5 heteroatoms. The summed E-state index contributed by atoms with van der Waals surface area (Å²) in [5.41, 5.74) is 1.24. The number of hydrogen-bond donors (Lipinski definition) is 0. The third-order valence-electron chi connectivity index (χ3n) is 3.68. The smallest absolute Gasteiger partial charge is 0.261 e. The van der Waals surface area contributed by atoms with Crippen LogP contribution in [0.25, 0.3) is 0 Å². The molecule has 1 aliphatic rings. The van der Waals surface area contributed by atoms with Crippen LogP contribution in [0.2, 0.25) is 0 Å². The van der Waals surface area contributed by atoms with Gasteiger partial charge < -0.3 is 9.64 Å². The van der Waals surface area contributed by atoms with E-state index in [0.717, 1.165) is 29.6 Å². The van der Waals surface area contributed by atoms with Gasteiger partial charge in [0.25, 0.3) is 5.91 Å². The lowest BCUT2D eigenvalue weighted by molar-refractivity contribution is -0.134. The summed E-state index contributed by atoms with van der Waals surface area (Å²) in [7, 11) is 0. The van der Waals surface area contributed by atoms with Gasteiger partial charge in [-0.1, -0.05) is 15.9 Å². The first-order valence-electron chi connectivity index (χ1n) is 6.94. The van der Waals surface area contributed by atoms with E-state index in [-0.39, 0.29) is 18.6 Å². The number of thiophene rings is 1. The average Bonchev–Trinajstić information content (AvgIpc) is 3.16. The number of likely N-dealkylation sites (tertiary alicyclic amines) is 1. The molecule has 0 bridgehead atoms. The Hall–Kier alpha value is -1.33. The minimum atomic E-state index is 0.0617. The Morgan fingerprint density at radius 2 is 2.14 bits per heavy atom. The van der Waals surface area contributed by atoms with E-state index in [1.54, 1.807) is 11.3 Å². The summed E-state index contributed by atoms with van der Waals surface area (Å²) >= 11 is 5.06. The molecular formula is C16H16BrNO2S. The van der Waals surface area contributed by atoms with Gasteiger partial charge in [-0.25, -0.2) is 0 Å².